The molecule has 1 aromatic rings. The molecule has 0 saturated heterocycles. The molecule has 1 aliphatic rings. The minimum atomic E-state index is -0.917. The number of hydrogen-bond acceptors (Lipinski definition) is 6. The Labute approximate surface area is 189 Å². The number of nitro benzene ring substituents is 1. The second kappa shape index (κ2) is 11.5. The molecule has 1 aliphatic heterocycles. The van der Waals surface area contributed by atoms with Crippen molar-refractivity contribution in [2.45, 2.75) is 72.3 Å². The molecule has 0 spiro atoms. The number of nitro groups is 1. The summed E-state index contributed by atoms with van der Waals surface area (Å²) >= 11 is 0. The molecule has 1 heterocycles. The van der Waals surface area contributed by atoms with Crippen LogP contribution in [-0.2, 0) is 14.3 Å². The molecule has 174 valence electrons. The number of nitrogens with zero attached hydrogens (tertiary/aromatic N) is 1. The molecule has 0 aliphatic carbocycles. The van der Waals surface area contributed by atoms with Crippen LogP contribution in [0, 0.1) is 10.1 Å². The number of esters is 1. The van der Waals surface area contributed by atoms with E-state index in [9.17, 15) is 19.7 Å². The number of carbonyl (C=O) groups excluding carboxylic acids is 2. The highest BCUT2D eigenvalue weighted by atomic mass is 16.6. The summed E-state index contributed by atoms with van der Waals surface area (Å²) in [6.07, 6.45) is 3.82. The molecule has 8 heteroatoms. The van der Waals surface area contributed by atoms with Gasteiger partial charge in [-0.1, -0.05) is 44.4 Å². The lowest BCUT2D eigenvalue weighted by molar-refractivity contribution is -0.385. The van der Waals surface area contributed by atoms with E-state index in [4.69, 9.17) is 4.74 Å². The molecule has 1 aromatic carbocycles. The number of rotatable bonds is 10. The van der Waals surface area contributed by atoms with Gasteiger partial charge in [0.05, 0.1) is 23.0 Å². The van der Waals surface area contributed by atoms with Crippen molar-refractivity contribution in [1.29, 1.82) is 0 Å². The van der Waals surface area contributed by atoms with E-state index in [-0.39, 0.29) is 41.0 Å². The molecular weight excluding hydrogens is 410 g/mol. The molecule has 0 saturated carbocycles. The van der Waals surface area contributed by atoms with E-state index in [2.05, 4.69) is 17.6 Å². The van der Waals surface area contributed by atoms with E-state index in [1.807, 2.05) is 13.8 Å². The first-order valence-corrected chi connectivity index (χ1v) is 11.1. The Kier molecular flexibility index (Phi) is 8.99. The maximum Gasteiger partial charge on any atom is 0.336 e. The van der Waals surface area contributed by atoms with Gasteiger partial charge in [0.15, 0.2) is 0 Å². The standard InChI is InChI=1S/C24H33N3O5/c1-6-7-8-11-14-32-24(29)21-17(5)26-16(4)20(23(28)25-15(2)3)22(21)18-12-9-10-13-19(18)27(30)31/h9-10,12-13,15,22,26H,6-8,11,14H2,1-5H3,(H,25,28). The summed E-state index contributed by atoms with van der Waals surface area (Å²) in [7, 11) is 0. The zero-order valence-electron chi connectivity index (χ0n) is 19.5. The average molecular weight is 444 g/mol. The SMILES string of the molecule is CCCCCCOC(=O)C1=C(C)NC(C)=C(C(=O)NC(C)C)C1c1ccccc1[N+](=O)[O-]. The fraction of sp³-hybridized carbons (Fsp3) is 0.500. The summed E-state index contributed by atoms with van der Waals surface area (Å²) in [5, 5.41) is 17.7. The molecule has 8 nitrogen and oxygen atoms in total. The van der Waals surface area contributed by atoms with Crippen LogP contribution < -0.4 is 10.6 Å². The van der Waals surface area contributed by atoms with E-state index in [0.717, 1.165) is 25.7 Å². The fourth-order valence-electron chi connectivity index (χ4n) is 3.89. The first-order valence-electron chi connectivity index (χ1n) is 11.1. The van der Waals surface area contributed by atoms with Gasteiger partial charge >= 0.3 is 5.97 Å². The van der Waals surface area contributed by atoms with Crippen LogP contribution in [0.15, 0.2) is 46.8 Å². The fourth-order valence-corrected chi connectivity index (χ4v) is 3.89. The topological polar surface area (TPSA) is 111 Å². The molecule has 0 radical (unpaired) electrons. The first kappa shape index (κ1) is 25.1. The maximum absolute atomic E-state index is 13.2. The van der Waals surface area contributed by atoms with Crippen molar-refractivity contribution in [3.8, 4) is 0 Å². The van der Waals surface area contributed by atoms with Gasteiger partial charge in [0.1, 0.15) is 0 Å². The zero-order valence-corrected chi connectivity index (χ0v) is 19.5. The summed E-state index contributed by atoms with van der Waals surface area (Å²) < 4.78 is 5.53. The van der Waals surface area contributed by atoms with Crippen LogP contribution in [-0.4, -0.2) is 29.4 Å². The quantitative estimate of drug-likeness (QED) is 0.239. The lowest BCUT2D eigenvalue weighted by Crippen LogP contribution is -2.39. The Bertz CT molecular complexity index is 933. The van der Waals surface area contributed by atoms with Crippen molar-refractivity contribution < 1.29 is 19.2 Å². The van der Waals surface area contributed by atoms with Crippen molar-refractivity contribution in [2.75, 3.05) is 6.61 Å². The Morgan fingerprint density at radius 1 is 1.12 bits per heavy atom. The third-order valence-electron chi connectivity index (χ3n) is 5.32. The van der Waals surface area contributed by atoms with E-state index < -0.39 is 16.8 Å². The third kappa shape index (κ3) is 5.96. The largest absolute Gasteiger partial charge is 0.462 e. The highest BCUT2D eigenvalue weighted by Gasteiger charge is 2.40. The van der Waals surface area contributed by atoms with Crippen LogP contribution in [0.4, 0.5) is 5.69 Å². The number of unbranched alkanes of at least 4 members (excludes halogenated alkanes) is 3. The van der Waals surface area contributed by atoms with Gasteiger partial charge in [-0.25, -0.2) is 4.79 Å². The number of dihydropyridines is 1. The molecular formula is C24H33N3O5. The van der Waals surface area contributed by atoms with Crippen molar-refractivity contribution in [2.24, 2.45) is 0 Å². The second-order valence-electron chi connectivity index (χ2n) is 8.28. The summed E-state index contributed by atoms with van der Waals surface area (Å²) in [6.45, 7) is 9.47. The summed E-state index contributed by atoms with van der Waals surface area (Å²) in [4.78, 5) is 37.6. The third-order valence-corrected chi connectivity index (χ3v) is 5.32. The van der Waals surface area contributed by atoms with E-state index in [1.54, 1.807) is 32.0 Å². The first-order chi connectivity index (χ1) is 15.2. The average Bonchev–Trinajstić information content (AvgIpc) is 2.72. The minimum Gasteiger partial charge on any atom is -0.462 e. The Morgan fingerprint density at radius 2 is 1.78 bits per heavy atom. The number of ether oxygens (including phenoxy) is 1. The molecule has 1 atom stereocenters. The van der Waals surface area contributed by atoms with Gasteiger partial charge in [-0.05, 0) is 34.1 Å². The molecule has 0 aromatic heterocycles. The predicted molar refractivity (Wildman–Crippen MR) is 123 cm³/mol. The van der Waals surface area contributed by atoms with Crippen LogP contribution in [0.3, 0.4) is 0 Å². The zero-order chi connectivity index (χ0) is 23.8. The summed E-state index contributed by atoms with van der Waals surface area (Å²) in [6, 6.07) is 6.06. The monoisotopic (exact) mass is 443 g/mol. The number of benzene rings is 1. The van der Waals surface area contributed by atoms with Gasteiger partial charge in [-0.15, -0.1) is 0 Å². The number of amides is 1. The molecule has 2 rings (SSSR count). The number of hydrogen-bond donors (Lipinski definition) is 2. The van der Waals surface area contributed by atoms with Crippen LogP contribution in [0.5, 0.6) is 0 Å². The second-order valence-corrected chi connectivity index (χ2v) is 8.28. The Balaban J connectivity index is 2.53. The highest BCUT2D eigenvalue weighted by molar-refractivity contribution is 6.02. The molecule has 32 heavy (non-hydrogen) atoms. The van der Waals surface area contributed by atoms with Crippen molar-refractivity contribution in [3.63, 3.8) is 0 Å². The molecule has 1 amide bonds. The van der Waals surface area contributed by atoms with Crippen molar-refractivity contribution in [3.05, 3.63) is 62.5 Å². The Hall–Kier alpha value is -3.16. The van der Waals surface area contributed by atoms with E-state index in [0.29, 0.717) is 11.4 Å². The van der Waals surface area contributed by atoms with Gasteiger partial charge in [-0.3, -0.25) is 14.9 Å². The van der Waals surface area contributed by atoms with Crippen LogP contribution in [0.2, 0.25) is 0 Å². The van der Waals surface area contributed by atoms with Crippen molar-refractivity contribution >= 4 is 17.6 Å². The summed E-state index contributed by atoms with van der Waals surface area (Å²) in [5.41, 5.74) is 1.69. The van der Waals surface area contributed by atoms with Gasteiger partial charge in [0.2, 0.25) is 5.91 Å². The smallest absolute Gasteiger partial charge is 0.336 e. The lowest BCUT2D eigenvalue weighted by atomic mass is 9.79. The molecule has 2 N–H and O–H groups in total. The van der Waals surface area contributed by atoms with Gasteiger partial charge in [-0.2, -0.15) is 0 Å². The number of nitrogens with one attached hydrogen (secondary N) is 2. The number of allylic oxidation sites excluding steroid dienone is 2. The number of para-hydroxylation sites is 1. The van der Waals surface area contributed by atoms with Gasteiger partial charge < -0.3 is 15.4 Å². The van der Waals surface area contributed by atoms with Crippen molar-refractivity contribution in [1.82, 2.24) is 10.6 Å². The lowest BCUT2D eigenvalue weighted by Gasteiger charge is -2.31. The van der Waals surface area contributed by atoms with Crippen LogP contribution >= 0.6 is 0 Å². The molecule has 0 bridgehead atoms. The van der Waals surface area contributed by atoms with Gasteiger partial charge in [0.25, 0.3) is 5.69 Å². The maximum atomic E-state index is 13.2. The summed E-state index contributed by atoms with van der Waals surface area (Å²) in [5.74, 6) is -1.87. The van der Waals surface area contributed by atoms with Gasteiger partial charge in [0, 0.05) is 34.6 Å². The minimum absolute atomic E-state index is 0.143. The van der Waals surface area contributed by atoms with E-state index in [1.165, 1.54) is 6.07 Å². The number of carbonyl (C=O) groups is 2. The molecule has 1 unspecified atom stereocenters. The van der Waals surface area contributed by atoms with E-state index >= 15 is 0 Å². The molecule has 0 fully saturated rings. The van der Waals surface area contributed by atoms with Crippen LogP contribution in [0.25, 0.3) is 0 Å². The van der Waals surface area contributed by atoms with Crippen LogP contribution in [0.1, 0.15) is 71.8 Å². The predicted octanol–water partition coefficient (Wildman–Crippen LogP) is 4.48. The normalized spacial score (nSPS) is 16.1. The highest BCUT2D eigenvalue weighted by Crippen LogP contribution is 2.42. The Morgan fingerprint density at radius 3 is 2.41 bits per heavy atom.